The highest BCUT2D eigenvalue weighted by Gasteiger charge is 2.57. The van der Waals surface area contributed by atoms with Gasteiger partial charge in [-0.3, -0.25) is 14.2 Å². The minimum atomic E-state index is -2.04. The number of likely N-dealkylation sites (tertiary alicyclic amines) is 2. The summed E-state index contributed by atoms with van der Waals surface area (Å²) >= 11 is 1.65. The van der Waals surface area contributed by atoms with Crippen LogP contribution in [-0.4, -0.2) is 108 Å². The second kappa shape index (κ2) is 18.2. The fraction of sp³-hybridized carbons (Fsp3) is 0.471. The van der Waals surface area contributed by atoms with Crippen LogP contribution in [0.5, 0.6) is 5.75 Å². The van der Waals surface area contributed by atoms with Gasteiger partial charge in [-0.05, 0) is 107 Å². The van der Waals surface area contributed by atoms with Crippen molar-refractivity contribution in [2.75, 3.05) is 20.8 Å². The predicted octanol–water partition coefficient (Wildman–Crippen LogP) is 8.92. The molecular formula is C51H59FN10O7S. The maximum absolute atomic E-state index is 15.5. The number of nitrogens with zero attached hydrogens (tertiary/aromatic N) is 6. The second-order valence-electron chi connectivity index (χ2n) is 19.8. The number of carbonyl (C=O) groups is 4. The first-order chi connectivity index (χ1) is 33.6. The normalized spacial score (nSPS) is 21.2. The Morgan fingerprint density at radius 3 is 2.33 bits per heavy atom. The number of alkyl carbamates (subject to hydrolysis) is 2. The number of ether oxygens (including phenoxy) is 3. The maximum atomic E-state index is 15.5. The van der Waals surface area contributed by atoms with E-state index in [1.165, 1.54) is 28.1 Å². The minimum absolute atomic E-state index is 0.0486. The molecule has 19 heteroatoms. The molecule has 1 saturated carbocycles. The summed E-state index contributed by atoms with van der Waals surface area (Å²) in [6, 6.07) is 9.75. The number of imidazole rings is 2. The summed E-state index contributed by atoms with van der Waals surface area (Å²) in [5.41, 5.74) is 5.24. The monoisotopic (exact) mass is 974 g/mol. The molecule has 0 spiro atoms. The van der Waals surface area contributed by atoms with Crippen LogP contribution in [0.4, 0.5) is 14.0 Å². The summed E-state index contributed by atoms with van der Waals surface area (Å²) in [5.74, 6) is 1.46. The molecule has 1 aliphatic carbocycles. The van der Waals surface area contributed by atoms with Gasteiger partial charge in [-0.2, -0.15) is 0 Å². The molecule has 17 nitrogen and oxygen atoms in total. The summed E-state index contributed by atoms with van der Waals surface area (Å²) in [5, 5.41) is 7.18. The predicted molar refractivity (Wildman–Crippen MR) is 261 cm³/mol. The molecule has 0 bridgehead atoms. The first-order valence-electron chi connectivity index (χ1n) is 24.1. The van der Waals surface area contributed by atoms with Crippen molar-refractivity contribution in [1.29, 1.82) is 0 Å². The van der Waals surface area contributed by atoms with Crippen molar-refractivity contribution in [1.82, 2.24) is 49.9 Å². The molecule has 3 fully saturated rings. The van der Waals surface area contributed by atoms with E-state index in [4.69, 9.17) is 29.2 Å². The minimum Gasteiger partial charge on any atom is -0.464 e. The van der Waals surface area contributed by atoms with Gasteiger partial charge in [0.1, 0.15) is 35.2 Å². The summed E-state index contributed by atoms with van der Waals surface area (Å²) < 4.78 is 34.3. The molecule has 2 unspecified atom stereocenters. The number of methoxy groups -OCH3 is 2. The van der Waals surface area contributed by atoms with E-state index in [2.05, 4.69) is 75.4 Å². The first kappa shape index (κ1) is 46.9. The summed E-state index contributed by atoms with van der Waals surface area (Å²) in [6.45, 7) is 11.1. The fourth-order valence-corrected chi connectivity index (χ4v) is 11.7. The van der Waals surface area contributed by atoms with Crippen molar-refractivity contribution in [2.24, 2.45) is 11.8 Å². The van der Waals surface area contributed by atoms with Crippen LogP contribution < -0.4 is 15.4 Å². The molecule has 6 aromatic rings. The molecule has 368 valence electrons. The maximum Gasteiger partial charge on any atom is 0.407 e. The average molecular weight is 975 g/mol. The molecule has 70 heavy (non-hydrogen) atoms. The molecule has 10 rings (SSSR count). The standard InChI is InChI=1S/C51H59FN10O7S/c1-9-11-40-53-24-39(70-40)48-62-33-14-13-27(31-22-55-45(56-31)37-20-30-18-35(30)61(37)47(64)43(51(5,6)52)59-50(66)68-8)17-29(33)19-36(62)41-26(4)16-28(21-38(41)69-48)32-23-54-44(57-32)34-12-10-15-60(34)46(63)42(25(2)3)58-49(65)67-7/h13-14,16-17,19,21-25,30,34-35,37,42-43,48H,9-12,15,18,20H2,1-8H3,(H,54,57)(H,55,56)(H,58,65)(H,59,66)/t30-,34+,35?,37+,42+,43+,48?/m1/s1. The Morgan fingerprint density at radius 2 is 1.63 bits per heavy atom. The second-order valence-corrected chi connectivity index (χ2v) is 21.0. The van der Waals surface area contributed by atoms with Crippen LogP contribution >= 0.6 is 11.3 Å². The highest BCUT2D eigenvalue weighted by Crippen LogP contribution is 2.54. The van der Waals surface area contributed by atoms with Crippen molar-refractivity contribution in [2.45, 2.75) is 122 Å². The zero-order chi connectivity index (χ0) is 49.3. The number of hydrogen-bond donors (Lipinski definition) is 4. The van der Waals surface area contributed by atoms with Gasteiger partial charge in [0.2, 0.25) is 18.0 Å². The number of aromatic nitrogens is 6. The molecule has 7 atom stereocenters. The molecule has 4 aromatic heterocycles. The van der Waals surface area contributed by atoms with Crippen molar-refractivity contribution in [3.05, 3.63) is 82.1 Å². The van der Waals surface area contributed by atoms with Gasteiger partial charge in [0, 0.05) is 40.9 Å². The zero-order valence-corrected chi connectivity index (χ0v) is 41.4. The molecular weight excluding hydrogens is 916 g/mol. The number of alkyl halides is 1. The number of aryl methyl sites for hydroxylation is 2. The van der Waals surface area contributed by atoms with E-state index >= 15 is 4.39 Å². The summed E-state index contributed by atoms with van der Waals surface area (Å²) in [7, 11) is 2.47. The van der Waals surface area contributed by atoms with Crippen molar-refractivity contribution in [3.8, 4) is 39.5 Å². The Hall–Kier alpha value is -6.76. The number of aromatic amines is 2. The number of nitrogens with one attached hydrogen (secondary N) is 4. The third-order valence-electron chi connectivity index (χ3n) is 14.3. The van der Waals surface area contributed by atoms with Gasteiger partial charge in [-0.15, -0.1) is 11.3 Å². The van der Waals surface area contributed by atoms with E-state index in [9.17, 15) is 19.2 Å². The van der Waals surface area contributed by atoms with Crippen LogP contribution in [0, 0.1) is 18.8 Å². The van der Waals surface area contributed by atoms with Gasteiger partial charge >= 0.3 is 12.2 Å². The zero-order valence-electron chi connectivity index (χ0n) is 40.6. The lowest BCUT2D eigenvalue weighted by molar-refractivity contribution is -0.139. The van der Waals surface area contributed by atoms with E-state index in [1.807, 2.05) is 20.0 Å². The lowest BCUT2D eigenvalue weighted by Crippen LogP contribution is -2.57. The number of rotatable bonds is 13. The van der Waals surface area contributed by atoms with Crippen LogP contribution in [0.2, 0.25) is 0 Å². The van der Waals surface area contributed by atoms with Crippen LogP contribution in [0.1, 0.15) is 112 Å². The molecule has 4 N–H and O–H groups in total. The molecule has 2 saturated heterocycles. The number of halogens is 1. The molecule has 4 amide bonds. The quantitative estimate of drug-likeness (QED) is 0.0866. The number of benzene rings is 2. The summed E-state index contributed by atoms with van der Waals surface area (Å²) in [6.07, 6.45) is 8.36. The SMILES string of the molecule is CCCc1ncc(C2Oc3cc(-c4cnc([C@@H]5CCCN5C(=O)[C@@H](NC(=O)OC)C(C)C)[nH]4)cc(C)c3-c3cc4cc(-c5cnc([C@@H]6C[C@H]7CC7N6C(=O)[C@H](NC(=O)OC)C(C)(C)F)[nH]5)ccc4n32)s1. The van der Waals surface area contributed by atoms with Gasteiger partial charge in [-0.25, -0.2) is 28.9 Å². The van der Waals surface area contributed by atoms with Crippen LogP contribution in [-0.2, 0) is 25.5 Å². The van der Waals surface area contributed by atoms with E-state index in [0.29, 0.717) is 24.6 Å². The number of H-pyrrole nitrogens is 2. The topological polar surface area (TPSA) is 202 Å². The smallest absolute Gasteiger partial charge is 0.407 e. The third-order valence-corrected chi connectivity index (χ3v) is 15.3. The lowest BCUT2D eigenvalue weighted by Gasteiger charge is -2.34. The number of piperidine rings is 1. The molecule has 0 radical (unpaired) electrons. The Kier molecular flexibility index (Phi) is 12.2. The van der Waals surface area contributed by atoms with Gasteiger partial charge in [0.05, 0.1) is 71.2 Å². The Labute approximate surface area is 408 Å². The van der Waals surface area contributed by atoms with E-state index in [-0.39, 0.29) is 29.8 Å². The van der Waals surface area contributed by atoms with Crippen LogP contribution in [0.15, 0.2) is 55.0 Å². The Morgan fingerprint density at radius 1 is 0.914 bits per heavy atom. The van der Waals surface area contributed by atoms with Crippen LogP contribution in [0.25, 0.3) is 44.7 Å². The first-order valence-corrected chi connectivity index (χ1v) is 24.9. The largest absolute Gasteiger partial charge is 0.464 e. The average Bonchev–Trinajstić information content (AvgIpc) is 4.09. The van der Waals surface area contributed by atoms with Gasteiger partial charge in [0.25, 0.3) is 0 Å². The summed E-state index contributed by atoms with van der Waals surface area (Å²) in [4.78, 5) is 78.2. The number of amides is 4. The Bertz CT molecular complexity index is 3010. The molecule has 7 heterocycles. The van der Waals surface area contributed by atoms with Crippen LogP contribution in [0.3, 0.4) is 0 Å². The number of fused-ring (bicyclic) bond motifs is 6. The number of thiazole rings is 1. The molecule has 2 aromatic carbocycles. The lowest BCUT2D eigenvalue weighted by atomic mass is 9.98. The van der Waals surface area contributed by atoms with Crippen molar-refractivity contribution in [3.63, 3.8) is 0 Å². The number of carbonyl (C=O) groups excluding carboxylic acids is 4. The van der Waals surface area contributed by atoms with Crippen molar-refractivity contribution < 1.29 is 37.8 Å². The van der Waals surface area contributed by atoms with Gasteiger partial charge in [-0.1, -0.05) is 26.8 Å². The molecule has 3 aliphatic heterocycles. The van der Waals surface area contributed by atoms with Gasteiger partial charge < -0.3 is 44.6 Å². The number of hydrogen-bond acceptors (Lipinski definition) is 11. The Balaban J connectivity index is 0.966. The van der Waals surface area contributed by atoms with E-state index in [1.54, 1.807) is 33.5 Å². The van der Waals surface area contributed by atoms with Gasteiger partial charge in [0.15, 0.2) is 0 Å². The fourth-order valence-electron chi connectivity index (χ4n) is 10.7. The molecule has 4 aliphatic rings. The highest BCUT2D eigenvalue weighted by atomic mass is 32.1. The van der Waals surface area contributed by atoms with E-state index < -0.39 is 48.1 Å². The van der Waals surface area contributed by atoms with Crippen molar-refractivity contribution >= 4 is 46.2 Å². The highest BCUT2D eigenvalue weighted by molar-refractivity contribution is 7.11. The third kappa shape index (κ3) is 8.44. The van der Waals surface area contributed by atoms with E-state index in [0.717, 1.165) is 98.0 Å².